The Hall–Kier alpha value is -2.29. The van der Waals surface area contributed by atoms with Gasteiger partial charge in [-0.25, -0.2) is 0 Å². The van der Waals surface area contributed by atoms with Crippen molar-refractivity contribution in [3.63, 3.8) is 0 Å². The number of phenols is 1. The van der Waals surface area contributed by atoms with Crippen molar-refractivity contribution in [2.75, 3.05) is 6.61 Å². The fourth-order valence-electron chi connectivity index (χ4n) is 2.84. The van der Waals surface area contributed by atoms with Crippen molar-refractivity contribution >= 4 is 5.97 Å². The quantitative estimate of drug-likeness (QED) is 0.184. The molecule has 0 saturated heterocycles. The van der Waals surface area contributed by atoms with Crippen LogP contribution in [0.25, 0.3) is 0 Å². The number of carbonyl (C=O) groups excluding carboxylic acids is 1. The Labute approximate surface area is 177 Å². The van der Waals surface area contributed by atoms with Crippen molar-refractivity contribution in [2.24, 2.45) is 0 Å². The van der Waals surface area contributed by atoms with E-state index in [1.165, 1.54) is 25.7 Å². The van der Waals surface area contributed by atoms with Crippen LogP contribution in [-0.4, -0.2) is 17.7 Å². The molecule has 0 aromatic heterocycles. The summed E-state index contributed by atoms with van der Waals surface area (Å²) >= 11 is 0. The summed E-state index contributed by atoms with van der Waals surface area (Å²) in [5, 5.41) is 9.24. The molecule has 3 heteroatoms. The van der Waals surface area contributed by atoms with Crippen LogP contribution in [0.2, 0.25) is 0 Å². The molecule has 0 aliphatic carbocycles. The van der Waals surface area contributed by atoms with Crippen LogP contribution in [0.3, 0.4) is 0 Å². The second-order valence-electron chi connectivity index (χ2n) is 7.26. The lowest BCUT2D eigenvalue weighted by atomic mass is 10.1. The number of phenolic OH excluding ortho intramolecular Hbond substituents is 1. The smallest absolute Gasteiger partial charge is 0.305 e. The van der Waals surface area contributed by atoms with Crippen LogP contribution in [0.4, 0.5) is 0 Å². The van der Waals surface area contributed by atoms with Crippen LogP contribution < -0.4 is 0 Å². The molecule has 0 atom stereocenters. The van der Waals surface area contributed by atoms with Gasteiger partial charge in [0.1, 0.15) is 5.75 Å². The molecule has 29 heavy (non-hydrogen) atoms. The van der Waals surface area contributed by atoms with Gasteiger partial charge < -0.3 is 9.84 Å². The lowest BCUT2D eigenvalue weighted by Gasteiger charge is -2.05. The third-order valence-corrected chi connectivity index (χ3v) is 4.61. The number of ether oxygens (including phenoxy) is 1. The van der Waals surface area contributed by atoms with E-state index in [0.717, 1.165) is 37.7 Å². The van der Waals surface area contributed by atoms with E-state index in [1.807, 2.05) is 12.1 Å². The minimum Gasteiger partial charge on any atom is -0.508 e. The molecule has 1 aromatic rings. The highest BCUT2D eigenvalue weighted by Crippen LogP contribution is 2.10. The molecule has 1 N–H and O–H groups in total. The van der Waals surface area contributed by atoms with Gasteiger partial charge in [0.2, 0.25) is 0 Å². The van der Waals surface area contributed by atoms with E-state index >= 15 is 0 Å². The van der Waals surface area contributed by atoms with Gasteiger partial charge in [0.05, 0.1) is 6.61 Å². The average Bonchev–Trinajstić information content (AvgIpc) is 2.72. The first-order valence-electron chi connectivity index (χ1n) is 11.1. The molecular weight excluding hydrogens is 360 g/mol. The van der Waals surface area contributed by atoms with E-state index < -0.39 is 0 Å². The van der Waals surface area contributed by atoms with E-state index in [-0.39, 0.29) is 11.7 Å². The second kappa shape index (κ2) is 17.8. The van der Waals surface area contributed by atoms with Crippen LogP contribution in [-0.2, 0) is 16.0 Å². The van der Waals surface area contributed by atoms with E-state index in [2.05, 4.69) is 43.4 Å². The number of carbonyl (C=O) groups is 1. The van der Waals surface area contributed by atoms with Crippen LogP contribution >= 0.6 is 0 Å². The Morgan fingerprint density at radius 1 is 0.862 bits per heavy atom. The third-order valence-electron chi connectivity index (χ3n) is 4.61. The largest absolute Gasteiger partial charge is 0.508 e. The Balaban J connectivity index is 1.93. The number of rotatable bonds is 16. The zero-order valence-corrected chi connectivity index (χ0v) is 18.0. The SMILES string of the molecule is CCCCC/C=C\C/C=C\C/C=C\CCCCC(=O)OCCc1ccc(O)cc1. The molecule has 1 aromatic carbocycles. The molecule has 0 saturated carbocycles. The molecule has 0 aliphatic rings. The molecule has 0 aliphatic heterocycles. The predicted molar refractivity (Wildman–Crippen MR) is 122 cm³/mol. The number of esters is 1. The topological polar surface area (TPSA) is 46.5 Å². The van der Waals surface area contributed by atoms with E-state index in [9.17, 15) is 9.90 Å². The highest BCUT2D eigenvalue weighted by atomic mass is 16.5. The molecule has 0 heterocycles. The van der Waals surface area contributed by atoms with E-state index in [4.69, 9.17) is 4.74 Å². The average molecular weight is 399 g/mol. The van der Waals surface area contributed by atoms with Crippen LogP contribution in [0.15, 0.2) is 60.7 Å². The minimum absolute atomic E-state index is 0.126. The molecule has 0 radical (unpaired) electrons. The fourth-order valence-corrected chi connectivity index (χ4v) is 2.84. The summed E-state index contributed by atoms with van der Waals surface area (Å²) in [4.78, 5) is 11.7. The Morgan fingerprint density at radius 2 is 1.45 bits per heavy atom. The molecule has 1 rings (SSSR count). The number of allylic oxidation sites excluding steroid dienone is 6. The van der Waals surface area contributed by atoms with Crippen LogP contribution in [0, 0.1) is 0 Å². The van der Waals surface area contributed by atoms with Crippen molar-refractivity contribution < 1.29 is 14.6 Å². The summed E-state index contributed by atoms with van der Waals surface area (Å²) in [6.45, 7) is 2.63. The molecule has 0 bridgehead atoms. The zero-order valence-electron chi connectivity index (χ0n) is 18.0. The van der Waals surface area contributed by atoms with E-state index in [1.54, 1.807) is 12.1 Å². The maximum Gasteiger partial charge on any atom is 0.305 e. The van der Waals surface area contributed by atoms with Crippen molar-refractivity contribution in [2.45, 2.75) is 77.6 Å². The molecule has 3 nitrogen and oxygen atoms in total. The Kier molecular flexibility index (Phi) is 15.2. The second-order valence-corrected chi connectivity index (χ2v) is 7.26. The maximum atomic E-state index is 11.7. The summed E-state index contributed by atoms with van der Waals surface area (Å²) in [6.07, 6.45) is 24.5. The summed E-state index contributed by atoms with van der Waals surface area (Å²) in [6, 6.07) is 6.98. The van der Waals surface area contributed by atoms with Gasteiger partial charge >= 0.3 is 5.97 Å². The molecule has 0 amide bonds. The van der Waals surface area contributed by atoms with E-state index in [0.29, 0.717) is 19.4 Å². The number of benzene rings is 1. The first-order valence-corrected chi connectivity index (χ1v) is 11.1. The molecular formula is C26H38O3. The van der Waals surface area contributed by atoms with Gasteiger partial charge in [-0.05, 0) is 62.6 Å². The number of aromatic hydroxyl groups is 1. The van der Waals surface area contributed by atoms with Gasteiger partial charge in [-0.1, -0.05) is 68.4 Å². The zero-order chi connectivity index (χ0) is 21.0. The van der Waals surface area contributed by atoms with Gasteiger partial charge in [0, 0.05) is 12.8 Å². The Morgan fingerprint density at radius 3 is 2.07 bits per heavy atom. The molecule has 160 valence electrons. The molecule has 0 unspecified atom stereocenters. The fraction of sp³-hybridized carbons (Fsp3) is 0.500. The maximum absolute atomic E-state index is 11.7. The number of unbranched alkanes of at least 4 members (excludes halogenated alkanes) is 5. The van der Waals surface area contributed by atoms with Crippen LogP contribution in [0.5, 0.6) is 5.75 Å². The number of hydrogen-bond donors (Lipinski definition) is 1. The third kappa shape index (κ3) is 15.3. The van der Waals surface area contributed by atoms with Gasteiger partial charge in [-0.2, -0.15) is 0 Å². The van der Waals surface area contributed by atoms with Crippen LogP contribution in [0.1, 0.15) is 76.7 Å². The summed E-state index contributed by atoms with van der Waals surface area (Å²) in [7, 11) is 0. The summed E-state index contributed by atoms with van der Waals surface area (Å²) < 4.78 is 5.26. The van der Waals surface area contributed by atoms with Crippen molar-refractivity contribution in [1.82, 2.24) is 0 Å². The van der Waals surface area contributed by atoms with Crippen molar-refractivity contribution in [3.05, 3.63) is 66.3 Å². The summed E-state index contributed by atoms with van der Waals surface area (Å²) in [5.41, 5.74) is 1.05. The predicted octanol–water partition coefficient (Wildman–Crippen LogP) is 7.07. The molecule has 0 fully saturated rings. The van der Waals surface area contributed by atoms with Crippen molar-refractivity contribution in [3.8, 4) is 5.75 Å². The highest BCUT2D eigenvalue weighted by molar-refractivity contribution is 5.69. The lowest BCUT2D eigenvalue weighted by molar-refractivity contribution is -0.143. The molecule has 0 spiro atoms. The van der Waals surface area contributed by atoms with Gasteiger partial charge in [0.25, 0.3) is 0 Å². The Bertz CT molecular complexity index is 611. The minimum atomic E-state index is -0.126. The standard InChI is InChI=1S/C26H38O3/c1-2-3-4-5-6-7-8-9-10-11-12-13-14-15-16-17-26(28)29-23-22-24-18-20-25(27)21-19-24/h6-7,9-10,12-13,18-21,27H,2-5,8,11,14-17,22-23H2,1H3/b7-6-,10-9-,13-12-. The lowest BCUT2D eigenvalue weighted by Crippen LogP contribution is -2.07. The van der Waals surface area contributed by atoms with Gasteiger partial charge in [-0.15, -0.1) is 0 Å². The monoisotopic (exact) mass is 398 g/mol. The normalized spacial score (nSPS) is 11.8. The first-order chi connectivity index (χ1) is 14.2. The highest BCUT2D eigenvalue weighted by Gasteiger charge is 2.02. The number of hydrogen-bond acceptors (Lipinski definition) is 3. The van der Waals surface area contributed by atoms with Gasteiger partial charge in [-0.3, -0.25) is 4.79 Å². The van der Waals surface area contributed by atoms with Gasteiger partial charge in [0.15, 0.2) is 0 Å². The van der Waals surface area contributed by atoms with Crippen molar-refractivity contribution in [1.29, 1.82) is 0 Å². The summed E-state index contributed by atoms with van der Waals surface area (Å²) in [5.74, 6) is 0.125. The first kappa shape index (κ1) is 24.7.